The molecule has 6 heteroatoms. The zero-order valence-electron chi connectivity index (χ0n) is 20.0. The summed E-state index contributed by atoms with van der Waals surface area (Å²) in [5.74, 6) is -0.451. The van der Waals surface area contributed by atoms with Crippen LogP contribution in [0.5, 0.6) is 0 Å². The summed E-state index contributed by atoms with van der Waals surface area (Å²) in [6.07, 6.45) is 0.641. The molecule has 0 unspecified atom stereocenters. The van der Waals surface area contributed by atoms with Crippen LogP contribution in [0, 0.1) is 0 Å². The van der Waals surface area contributed by atoms with E-state index in [1.165, 1.54) is 12.5 Å². The molecule has 0 saturated heterocycles. The third-order valence-corrected chi connectivity index (χ3v) is 6.03. The first-order valence-electron chi connectivity index (χ1n) is 11.2. The summed E-state index contributed by atoms with van der Waals surface area (Å²) < 4.78 is 0. The largest absolute Gasteiger partial charge is 0.334 e. The molecule has 3 aromatic carbocycles. The topological polar surface area (TPSA) is 49.4 Å². The van der Waals surface area contributed by atoms with Crippen molar-refractivity contribution in [3.8, 4) is 0 Å². The molecule has 0 fully saturated rings. The van der Waals surface area contributed by atoms with E-state index < -0.39 is 0 Å². The highest BCUT2D eigenvalue weighted by atomic mass is 35.5. The Kier molecular flexibility index (Phi) is 8.40. The lowest BCUT2D eigenvalue weighted by atomic mass is 9.87. The molecule has 0 aliphatic rings. The van der Waals surface area contributed by atoms with Gasteiger partial charge in [0.15, 0.2) is 0 Å². The number of anilines is 1. The molecule has 0 aliphatic heterocycles. The third-order valence-electron chi connectivity index (χ3n) is 5.56. The van der Waals surface area contributed by atoms with Crippen LogP contribution < -0.4 is 5.32 Å². The number of carbonyl (C=O) groups is 2. The Morgan fingerprint density at radius 1 is 0.882 bits per heavy atom. The van der Waals surface area contributed by atoms with Gasteiger partial charge in [0, 0.05) is 30.1 Å². The van der Waals surface area contributed by atoms with Crippen molar-refractivity contribution in [3.63, 3.8) is 0 Å². The van der Waals surface area contributed by atoms with Crippen LogP contribution in [0.4, 0.5) is 5.69 Å². The molecule has 4 nitrogen and oxygen atoms in total. The van der Waals surface area contributed by atoms with E-state index in [1.807, 2.05) is 24.3 Å². The van der Waals surface area contributed by atoms with Crippen LogP contribution in [-0.2, 0) is 23.2 Å². The van der Waals surface area contributed by atoms with Crippen molar-refractivity contribution >= 4 is 40.7 Å². The molecule has 0 bridgehead atoms. The zero-order chi connectivity index (χ0) is 24.9. The summed E-state index contributed by atoms with van der Waals surface area (Å²) in [6.45, 7) is 8.83. The van der Waals surface area contributed by atoms with E-state index in [4.69, 9.17) is 23.2 Å². The Morgan fingerprint density at radius 2 is 1.56 bits per heavy atom. The fourth-order valence-corrected chi connectivity index (χ4v) is 4.09. The van der Waals surface area contributed by atoms with Crippen LogP contribution in [0.15, 0.2) is 66.7 Å². The minimum absolute atomic E-state index is 0.0503. The second-order valence-electron chi connectivity index (χ2n) is 9.42. The van der Waals surface area contributed by atoms with Crippen molar-refractivity contribution in [2.45, 2.75) is 46.1 Å². The SMILES string of the molecule is CC(=O)Nc1ccc(Cl)cc1C(=O)N(CCc1cccc(Cl)c1)Cc1ccc(C(C)(C)C)cc1. The first kappa shape index (κ1) is 25.8. The predicted octanol–water partition coefficient (Wildman–Crippen LogP) is 7.13. The lowest BCUT2D eigenvalue weighted by Gasteiger charge is -2.25. The van der Waals surface area contributed by atoms with Crippen molar-refractivity contribution in [3.05, 3.63) is 99.0 Å². The van der Waals surface area contributed by atoms with E-state index in [0.717, 1.165) is 11.1 Å². The lowest BCUT2D eigenvalue weighted by molar-refractivity contribution is -0.114. The van der Waals surface area contributed by atoms with Gasteiger partial charge in [-0.05, 0) is 58.9 Å². The Hall–Kier alpha value is -2.82. The quantitative estimate of drug-likeness (QED) is 0.377. The predicted molar refractivity (Wildman–Crippen MR) is 141 cm³/mol. The van der Waals surface area contributed by atoms with Gasteiger partial charge in [0.05, 0.1) is 11.3 Å². The molecule has 1 N–H and O–H groups in total. The lowest BCUT2D eigenvalue weighted by Crippen LogP contribution is -2.33. The standard InChI is InChI=1S/C28H30Cl2N2O2/c1-19(33)31-26-13-12-24(30)17-25(26)27(34)32(15-14-20-6-5-7-23(29)16-20)18-21-8-10-22(11-9-21)28(2,3)4/h5-13,16-17H,14-15,18H2,1-4H3,(H,31,33). The van der Waals surface area contributed by atoms with Gasteiger partial charge < -0.3 is 10.2 Å². The first-order valence-corrected chi connectivity index (χ1v) is 12.0. The fourth-order valence-electron chi connectivity index (χ4n) is 3.70. The van der Waals surface area contributed by atoms with Gasteiger partial charge in [-0.15, -0.1) is 0 Å². The molecule has 0 radical (unpaired) electrons. The van der Waals surface area contributed by atoms with Crippen LogP contribution in [0.1, 0.15) is 54.7 Å². The zero-order valence-corrected chi connectivity index (χ0v) is 21.5. The smallest absolute Gasteiger partial charge is 0.256 e. The van der Waals surface area contributed by atoms with E-state index in [1.54, 1.807) is 23.1 Å². The molecule has 0 atom stereocenters. The molecule has 3 aromatic rings. The van der Waals surface area contributed by atoms with E-state index in [0.29, 0.717) is 40.8 Å². The van der Waals surface area contributed by atoms with Crippen LogP contribution in [0.25, 0.3) is 0 Å². The van der Waals surface area contributed by atoms with Crippen molar-refractivity contribution in [1.82, 2.24) is 4.90 Å². The third kappa shape index (κ3) is 7.09. The normalized spacial score (nSPS) is 11.2. The highest BCUT2D eigenvalue weighted by molar-refractivity contribution is 6.31. The Balaban J connectivity index is 1.91. The van der Waals surface area contributed by atoms with Gasteiger partial charge in [-0.1, -0.05) is 80.4 Å². The Labute approximate surface area is 211 Å². The van der Waals surface area contributed by atoms with Crippen LogP contribution in [0.3, 0.4) is 0 Å². The molecule has 34 heavy (non-hydrogen) atoms. The first-order chi connectivity index (χ1) is 16.0. The Morgan fingerprint density at radius 3 is 2.18 bits per heavy atom. The van der Waals surface area contributed by atoms with E-state index >= 15 is 0 Å². The molecule has 178 valence electrons. The van der Waals surface area contributed by atoms with Crippen molar-refractivity contribution < 1.29 is 9.59 Å². The number of nitrogens with zero attached hydrogens (tertiary/aromatic N) is 1. The number of benzene rings is 3. The van der Waals surface area contributed by atoms with Crippen molar-refractivity contribution in [1.29, 1.82) is 0 Å². The van der Waals surface area contributed by atoms with Crippen molar-refractivity contribution in [2.75, 3.05) is 11.9 Å². The second-order valence-corrected chi connectivity index (χ2v) is 10.3. The summed E-state index contributed by atoms with van der Waals surface area (Å²) in [4.78, 5) is 27.2. The maximum Gasteiger partial charge on any atom is 0.256 e. The maximum atomic E-state index is 13.7. The highest BCUT2D eigenvalue weighted by Gasteiger charge is 2.21. The van der Waals surface area contributed by atoms with Gasteiger partial charge >= 0.3 is 0 Å². The number of hydrogen-bond acceptors (Lipinski definition) is 2. The number of hydrogen-bond donors (Lipinski definition) is 1. The molecular formula is C28H30Cl2N2O2. The molecule has 0 saturated carbocycles. The Bertz CT molecular complexity index is 1170. The maximum absolute atomic E-state index is 13.7. The molecule has 0 aromatic heterocycles. The molecule has 0 aliphatic carbocycles. The van der Waals surface area contributed by atoms with E-state index in [9.17, 15) is 9.59 Å². The summed E-state index contributed by atoms with van der Waals surface area (Å²) >= 11 is 12.4. The minimum atomic E-state index is -0.250. The highest BCUT2D eigenvalue weighted by Crippen LogP contribution is 2.25. The molecule has 0 heterocycles. The number of halogens is 2. The minimum Gasteiger partial charge on any atom is -0.334 e. The van der Waals surface area contributed by atoms with Crippen LogP contribution >= 0.6 is 23.2 Å². The van der Waals surface area contributed by atoms with Crippen LogP contribution in [0.2, 0.25) is 10.0 Å². The molecular weight excluding hydrogens is 467 g/mol. The number of carbonyl (C=O) groups excluding carboxylic acids is 2. The average molecular weight is 497 g/mol. The van der Waals surface area contributed by atoms with Gasteiger partial charge in [-0.3, -0.25) is 9.59 Å². The van der Waals surface area contributed by atoms with Gasteiger partial charge in [0.1, 0.15) is 0 Å². The van der Waals surface area contributed by atoms with Gasteiger partial charge in [-0.2, -0.15) is 0 Å². The number of nitrogens with one attached hydrogen (secondary N) is 1. The fraction of sp³-hybridized carbons (Fsp3) is 0.286. The van der Waals surface area contributed by atoms with Gasteiger partial charge in [-0.25, -0.2) is 0 Å². The van der Waals surface area contributed by atoms with Gasteiger partial charge in [0.2, 0.25) is 5.91 Å². The summed E-state index contributed by atoms with van der Waals surface area (Å²) in [5, 5.41) is 3.84. The molecule has 0 spiro atoms. The van der Waals surface area contributed by atoms with Crippen molar-refractivity contribution in [2.24, 2.45) is 0 Å². The average Bonchev–Trinajstić information content (AvgIpc) is 2.77. The van der Waals surface area contributed by atoms with Gasteiger partial charge in [0.25, 0.3) is 5.91 Å². The summed E-state index contributed by atoms with van der Waals surface area (Å²) in [6, 6.07) is 20.9. The van der Waals surface area contributed by atoms with E-state index in [-0.39, 0.29) is 17.2 Å². The van der Waals surface area contributed by atoms with Crippen LogP contribution in [-0.4, -0.2) is 23.3 Å². The second kappa shape index (κ2) is 11.1. The number of rotatable bonds is 7. The monoisotopic (exact) mass is 496 g/mol. The summed E-state index contributed by atoms with van der Waals surface area (Å²) in [7, 11) is 0. The molecule has 2 amide bonds. The van der Waals surface area contributed by atoms with E-state index in [2.05, 4.69) is 50.4 Å². The number of amides is 2. The summed E-state index contributed by atoms with van der Waals surface area (Å²) in [5.41, 5.74) is 4.15. The molecule has 3 rings (SSSR count).